The van der Waals surface area contributed by atoms with Crippen LogP contribution in [-0.2, 0) is 17.6 Å². The molecular formula is C19H16Cl2O2. The van der Waals surface area contributed by atoms with Crippen molar-refractivity contribution < 1.29 is 9.53 Å². The summed E-state index contributed by atoms with van der Waals surface area (Å²) in [7, 11) is 0. The van der Waals surface area contributed by atoms with Gasteiger partial charge in [-0.15, -0.1) is 0 Å². The van der Waals surface area contributed by atoms with E-state index >= 15 is 0 Å². The number of esters is 1. The molecule has 0 N–H and O–H groups in total. The number of hydrogen-bond acceptors (Lipinski definition) is 2. The Balaban J connectivity index is 1.68. The first kappa shape index (κ1) is 16.1. The molecule has 0 radical (unpaired) electrons. The van der Waals surface area contributed by atoms with Gasteiger partial charge in [-0.1, -0.05) is 35.3 Å². The fraction of sp³-hybridized carbons (Fsp3) is 0.211. The molecule has 2 nitrogen and oxygen atoms in total. The number of hydrogen-bond donors (Lipinski definition) is 0. The molecule has 0 aliphatic heterocycles. The Bertz CT molecular complexity index is 766. The van der Waals surface area contributed by atoms with Crippen molar-refractivity contribution >= 4 is 35.2 Å². The fourth-order valence-electron chi connectivity index (χ4n) is 2.72. The topological polar surface area (TPSA) is 26.3 Å². The third kappa shape index (κ3) is 4.15. The maximum absolute atomic E-state index is 12.0. The van der Waals surface area contributed by atoms with Crippen LogP contribution in [0.25, 0.3) is 6.08 Å². The van der Waals surface area contributed by atoms with Crippen LogP contribution in [0.15, 0.2) is 42.5 Å². The summed E-state index contributed by atoms with van der Waals surface area (Å²) in [6, 6.07) is 11.0. The van der Waals surface area contributed by atoms with Gasteiger partial charge in [0.2, 0.25) is 0 Å². The Labute approximate surface area is 145 Å². The molecule has 0 amide bonds. The van der Waals surface area contributed by atoms with Gasteiger partial charge in [-0.05, 0) is 72.7 Å². The molecule has 3 rings (SSSR count). The lowest BCUT2D eigenvalue weighted by Gasteiger charge is -2.16. The molecule has 0 atom stereocenters. The second-order valence-corrected chi connectivity index (χ2v) is 6.40. The maximum Gasteiger partial charge on any atom is 0.336 e. The summed E-state index contributed by atoms with van der Waals surface area (Å²) in [6.07, 6.45) is 7.58. The van der Waals surface area contributed by atoms with E-state index in [1.807, 2.05) is 12.1 Å². The SMILES string of the molecule is O=C(/C=C/c1ccc(Cl)cc1Cl)Oc1ccc2c(c1)CCCC2. The molecule has 118 valence electrons. The quantitative estimate of drug-likeness (QED) is 0.417. The number of aryl methyl sites for hydroxylation is 2. The summed E-state index contributed by atoms with van der Waals surface area (Å²) in [5.74, 6) is 0.161. The van der Waals surface area contributed by atoms with E-state index in [4.69, 9.17) is 27.9 Å². The molecule has 2 aromatic carbocycles. The summed E-state index contributed by atoms with van der Waals surface area (Å²) < 4.78 is 5.37. The van der Waals surface area contributed by atoms with Gasteiger partial charge >= 0.3 is 5.97 Å². The van der Waals surface area contributed by atoms with Crippen molar-refractivity contribution in [1.82, 2.24) is 0 Å². The second kappa shape index (κ2) is 7.20. The molecule has 4 heteroatoms. The van der Waals surface area contributed by atoms with Gasteiger partial charge in [0, 0.05) is 16.1 Å². The van der Waals surface area contributed by atoms with Crippen LogP contribution in [-0.4, -0.2) is 5.97 Å². The molecule has 0 fully saturated rings. The van der Waals surface area contributed by atoms with Gasteiger partial charge < -0.3 is 4.74 Å². The molecule has 0 aromatic heterocycles. The Kier molecular flexibility index (Phi) is 5.04. The van der Waals surface area contributed by atoms with E-state index in [0.29, 0.717) is 15.8 Å². The molecule has 0 heterocycles. The molecule has 23 heavy (non-hydrogen) atoms. The predicted molar refractivity (Wildman–Crippen MR) is 94.2 cm³/mol. The van der Waals surface area contributed by atoms with Gasteiger partial charge in [0.05, 0.1) is 0 Å². The fourth-order valence-corrected chi connectivity index (χ4v) is 3.19. The van der Waals surface area contributed by atoms with Crippen LogP contribution in [0.3, 0.4) is 0 Å². The molecule has 2 aromatic rings. The van der Waals surface area contributed by atoms with Crippen LogP contribution in [0.1, 0.15) is 29.5 Å². The number of carbonyl (C=O) groups is 1. The molecule has 0 unspecified atom stereocenters. The number of halogens is 2. The second-order valence-electron chi connectivity index (χ2n) is 5.56. The number of ether oxygens (including phenoxy) is 1. The highest BCUT2D eigenvalue weighted by Gasteiger charge is 2.11. The van der Waals surface area contributed by atoms with Crippen LogP contribution in [0, 0.1) is 0 Å². The van der Waals surface area contributed by atoms with Crippen molar-refractivity contribution in [1.29, 1.82) is 0 Å². The molecule has 1 aliphatic rings. The van der Waals surface area contributed by atoms with Crippen LogP contribution in [0.5, 0.6) is 5.75 Å². The van der Waals surface area contributed by atoms with Crippen molar-refractivity contribution in [3.05, 3.63) is 69.2 Å². The number of fused-ring (bicyclic) bond motifs is 1. The maximum atomic E-state index is 12.0. The summed E-state index contributed by atoms with van der Waals surface area (Å²) in [6.45, 7) is 0. The number of benzene rings is 2. The lowest BCUT2D eigenvalue weighted by Crippen LogP contribution is -2.06. The molecular weight excluding hydrogens is 331 g/mol. The number of rotatable bonds is 3. The van der Waals surface area contributed by atoms with Crippen LogP contribution in [0.4, 0.5) is 0 Å². The zero-order valence-electron chi connectivity index (χ0n) is 12.5. The van der Waals surface area contributed by atoms with Gasteiger partial charge in [0.1, 0.15) is 5.75 Å². The van der Waals surface area contributed by atoms with Crippen molar-refractivity contribution in [2.24, 2.45) is 0 Å². The van der Waals surface area contributed by atoms with E-state index in [1.165, 1.54) is 30.0 Å². The van der Waals surface area contributed by atoms with E-state index in [9.17, 15) is 4.79 Å². The minimum absolute atomic E-state index is 0.424. The van der Waals surface area contributed by atoms with Gasteiger partial charge in [-0.3, -0.25) is 0 Å². The largest absolute Gasteiger partial charge is 0.423 e. The van der Waals surface area contributed by atoms with Gasteiger partial charge in [0.25, 0.3) is 0 Å². The molecule has 0 bridgehead atoms. The van der Waals surface area contributed by atoms with Gasteiger partial charge in [-0.2, -0.15) is 0 Å². The number of carbonyl (C=O) groups excluding carboxylic acids is 1. The average Bonchev–Trinajstić information content (AvgIpc) is 2.54. The van der Waals surface area contributed by atoms with Crippen molar-refractivity contribution in [3.63, 3.8) is 0 Å². The van der Waals surface area contributed by atoms with Crippen molar-refractivity contribution in [2.75, 3.05) is 0 Å². The highest BCUT2D eigenvalue weighted by molar-refractivity contribution is 6.35. The molecule has 1 aliphatic carbocycles. The molecule has 0 spiro atoms. The summed E-state index contributed by atoms with van der Waals surface area (Å²) in [5.41, 5.74) is 3.37. The van der Waals surface area contributed by atoms with Gasteiger partial charge in [-0.25, -0.2) is 4.79 Å². The lowest BCUT2D eigenvalue weighted by atomic mass is 9.92. The predicted octanol–water partition coefficient (Wildman–Crippen LogP) is 5.49. The minimum atomic E-state index is -0.424. The Morgan fingerprint density at radius 3 is 2.57 bits per heavy atom. The third-order valence-corrected chi connectivity index (χ3v) is 4.46. The zero-order valence-corrected chi connectivity index (χ0v) is 14.0. The zero-order chi connectivity index (χ0) is 16.2. The summed E-state index contributed by atoms with van der Waals surface area (Å²) >= 11 is 11.9. The minimum Gasteiger partial charge on any atom is -0.423 e. The van der Waals surface area contributed by atoms with E-state index in [1.54, 1.807) is 24.3 Å². The van der Waals surface area contributed by atoms with E-state index in [-0.39, 0.29) is 0 Å². The van der Waals surface area contributed by atoms with Crippen LogP contribution < -0.4 is 4.74 Å². The highest BCUT2D eigenvalue weighted by atomic mass is 35.5. The first-order valence-corrected chi connectivity index (χ1v) is 8.34. The first-order chi connectivity index (χ1) is 11.1. The third-order valence-electron chi connectivity index (χ3n) is 3.90. The van der Waals surface area contributed by atoms with E-state index in [0.717, 1.165) is 18.4 Å². The Hall–Kier alpha value is -1.77. The van der Waals surface area contributed by atoms with Crippen molar-refractivity contribution in [2.45, 2.75) is 25.7 Å². The smallest absolute Gasteiger partial charge is 0.336 e. The molecule has 0 saturated carbocycles. The van der Waals surface area contributed by atoms with Crippen LogP contribution >= 0.6 is 23.2 Å². The lowest BCUT2D eigenvalue weighted by molar-refractivity contribution is -0.128. The van der Waals surface area contributed by atoms with Gasteiger partial charge in [0.15, 0.2) is 0 Å². The average molecular weight is 347 g/mol. The Morgan fingerprint density at radius 2 is 1.78 bits per heavy atom. The van der Waals surface area contributed by atoms with E-state index < -0.39 is 5.97 Å². The molecule has 0 saturated heterocycles. The van der Waals surface area contributed by atoms with E-state index in [2.05, 4.69) is 6.07 Å². The first-order valence-electron chi connectivity index (χ1n) is 7.58. The monoisotopic (exact) mass is 346 g/mol. The standard InChI is InChI=1S/C19H16Cl2O2/c20-16-8-5-14(18(21)12-16)7-10-19(22)23-17-9-6-13-3-1-2-4-15(13)11-17/h5-12H,1-4H2/b10-7+. The Morgan fingerprint density at radius 1 is 1.00 bits per heavy atom. The highest BCUT2D eigenvalue weighted by Crippen LogP contribution is 2.26. The summed E-state index contributed by atoms with van der Waals surface area (Å²) in [5, 5.41) is 1.05. The normalized spacial score (nSPS) is 13.8. The van der Waals surface area contributed by atoms with Crippen molar-refractivity contribution in [3.8, 4) is 5.75 Å². The van der Waals surface area contributed by atoms with Crippen LogP contribution in [0.2, 0.25) is 10.0 Å². The summed E-state index contributed by atoms with van der Waals surface area (Å²) in [4.78, 5) is 12.0.